The molecule has 0 bridgehead atoms. The van der Waals surface area contributed by atoms with Gasteiger partial charge in [-0.05, 0) is 56.2 Å². The van der Waals surface area contributed by atoms with Crippen LogP contribution in [0, 0.1) is 0 Å². The molecule has 4 aromatic rings. The highest BCUT2D eigenvalue weighted by atomic mass is 16.5. The molecular formula is C25H24N4O2. The molecule has 156 valence electrons. The second-order valence-corrected chi connectivity index (χ2v) is 8.22. The summed E-state index contributed by atoms with van der Waals surface area (Å²) in [6.07, 6.45) is 6.27. The molecule has 0 atom stereocenters. The summed E-state index contributed by atoms with van der Waals surface area (Å²) in [5.74, 6) is 0.664. The van der Waals surface area contributed by atoms with Crippen molar-refractivity contribution < 1.29 is 9.53 Å². The topological polar surface area (TPSA) is 70.2 Å². The van der Waals surface area contributed by atoms with Crippen molar-refractivity contribution in [3.63, 3.8) is 0 Å². The summed E-state index contributed by atoms with van der Waals surface area (Å²) in [5.41, 5.74) is 4.01. The van der Waals surface area contributed by atoms with Crippen molar-refractivity contribution in [2.75, 3.05) is 16.8 Å². The van der Waals surface area contributed by atoms with E-state index < -0.39 is 5.60 Å². The van der Waals surface area contributed by atoms with E-state index in [1.54, 1.807) is 12.4 Å². The summed E-state index contributed by atoms with van der Waals surface area (Å²) in [7, 11) is 0. The lowest BCUT2D eigenvalue weighted by Crippen LogP contribution is -2.53. The predicted molar refractivity (Wildman–Crippen MR) is 123 cm³/mol. The van der Waals surface area contributed by atoms with Gasteiger partial charge in [-0.1, -0.05) is 18.2 Å². The summed E-state index contributed by atoms with van der Waals surface area (Å²) >= 11 is 0. The van der Waals surface area contributed by atoms with Crippen LogP contribution in [0.5, 0.6) is 5.75 Å². The number of para-hydroxylation sites is 1. The molecular weight excluding hydrogens is 388 g/mol. The Morgan fingerprint density at radius 2 is 1.87 bits per heavy atom. The first kappa shape index (κ1) is 19.2. The molecule has 1 aliphatic heterocycles. The zero-order valence-corrected chi connectivity index (χ0v) is 17.6. The summed E-state index contributed by atoms with van der Waals surface area (Å²) < 4.78 is 6.10. The second-order valence-electron chi connectivity index (χ2n) is 8.22. The standard InChI is InChI=1S/C25H24N4O2/c1-25(2)24(30)29(14-11-17-16-27-21-6-4-3-5-20(17)21)22-8-7-19(15-23(22)31-25)28-18-9-12-26-13-10-18/h3-10,12-13,15-16,27H,11,14H2,1-2H3,(H,26,28). The van der Waals surface area contributed by atoms with Gasteiger partial charge in [0.1, 0.15) is 5.75 Å². The SMILES string of the molecule is CC1(C)Oc2cc(Nc3ccncc3)ccc2N(CCc2c[nH]c3ccccc23)C1=O. The van der Waals surface area contributed by atoms with Crippen LogP contribution in [-0.4, -0.2) is 28.0 Å². The maximum absolute atomic E-state index is 13.2. The van der Waals surface area contributed by atoms with E-state index in [1.165, 1.54) is 10.9 Å². The first-order chi connectivity index (χ1) is 15.0. The van der Waals surface area contributed by atoms with Crippen molar-refractivity contribution in [1.29, 1.82) is 0 Å². The molecule has 0 aliphatic carbocycles. The van der Waals surface area contributed by atoms with Crippen LogP contribution >= 0.6 is 0 Å². The number of nitrogens with one attached hydrogen (secondary N) is 2. The number of hydrogen-bond donors (Lipinski definition) is 2. The van der Waals surface area contributed by atoms with E-state index in [0.29, 0.717) is 12.3 Å². The van der Waals surface area contributed by atoms with E-state index in [9.17, 15) is 4.79 Å². The highest BCUT2D eigenvalue weighted by Gasteiger charge is 2.40. The predicted octanol–water partition coefficient (Wildman–Crippen LogP) is 5.05. The molecule has 0 saturated carbocycles. The number of aromatic nitrogens is 2. The Hall–Kier alpha value is -3.80. The number of benzene rings is 2. The van der Waals surface area contributed by atoms with Gasteiger partial charge in [0.2, 0.25) is 0 Å². The second kappa shape index (κ2) is 7.47. The Bertz CT molecular complexity index is 1250. The van der Waals surface area contributed by atoms with Gasteiger partial charge >= 0.3 is 0 Å². The third-order valence-electron chi connectivity index (χ3n) is 5.62. The number of anilines is 3. The smallest absolute Gasteiger partial charge is 0.270 e. The number of carbonyl (C=O) groups excluding carboxylic acids is 1. The first-order valence-corrected chi connectivity index (χ1v) is 10.4. The average Bonchev–Trinajstić information content (AvgIpc) is 3.18. The number of rotatable bonds is 5. The Kier molecular flexibility index (Phi) is 4.62. The number of aromatic amines is 1. The molecule has 0 spiro atoms. The fourth-order valence-corrected chi connectivity index (χ4v) is 4.04. The molecule has 6 nitrogen and oxygen atoms in total. The molecule has 1 amide bonds. The van der Waals surface area contributed by atoms with E-state index in [2.05, 4.69) is 27.4 Å². The van der Waals surface area contributed by atoms with Crippen molar-refractivity contribution in [2.45, 2.75) is 25.9 Å². The largest absolute Gasteiger partial charge is 0.476 e. The zero-order chi connectivity index (χ0) is 21.4. The maximum atomic E-state index is 13.2. The number of carbonyl (C=O) groups is 1. The monoisotopic (exact) mass is 412 g/mol. The number of hydrogen-bond acceptors (Lipinski definition) is 4. The highest BCUT2D eigenvalue weighted by Crippen LogP contribution is 2.40. The summed E-state index contributed by atoms with van der Waals surface area (Å²) in [5, 5.41) is 4.55. The van der Waals surface area contributed by atoms with Gasteiger partial charge in [-0.25, -0.2) is 0 Å². The Balaban J connectivity index is 1.43. The number of fused-ring (bicyclic) bond motifs is 2. The molecule has 3 heterocycles. The van der Waals surface area contributed by atoms with Crippen LogP contribution in [0.15, 0.2) is 73.2 Å². The van der Waals surface area contributed by atoms with E-state index in [0.717, 1.165) is 29.0 Å². The van der Waals surface area contributed by atoms with Crippen LogP contribution < -0.4 is 15.0 Å². The van der Waals surface area contributed by atoms with Crippen molar-refractivity contribution in [3.8, 4) is 5.75 Å². The number of nitrogens with zero attached hydrogens (tertiary/aromatic N) is 2. The lowest BCUT2D eigenvalue weighted by atomic mass is 10.0. The van der Waals surface area contributed by atoms with Gasteiger partial charge in [0.05, 0.1) is 5.69 Å². The van der Waals surface area contributed by atoms with Gasteiger partial charge in [0.15, 0.2) is 5.60 Å². The quantitative estimate of drug-likeness (QED) is 0.481. The van der Waals surface area contributed by atoms with E-state index >= 15 is 0 Å². The molecule has 0 radical (unpaired) electrons. The van der Waals surface area contributed by atoms with E-state index in [1.807, 2.05) is 67.4 Å². The van der Waals surface area contributed by atoms with Crippen molar-refractivity contribution >= 4 is 33.9 Å². The van der Waals surface area contributed by atoms with Gasteiger partial charge in [-0.2, -0.15) is 0 Å². The maximum Gasteiger partial charge on any atom is 0.270 e. The minimum absolute atomic E-state index is 0.0327. The Morgan fingerprint density at radius 3 is 2.71 bits per heavy atom. The molecule has 0 unspecified atom stereocenters. The lowest BCUT2D eigenvalue weighted by Gasteiger charge is -2.39. The van der Waals surface area contributed by atoms with Crippen LogP contribution in [0.3, 0.4) is 0 Å². The molecule has 2 N–H and O–H groups in total. The molecule has 5 rings (SSSR count). The van der Waals surface area contributed by atoms with Crippen LogP contribution in [0.1, 0.15) is 19.4 Å². The fraction of sp³-hybridized carbons (Fsp3) is 0.200. The molecule has 2 aromatic carbocycles. The Labute approximate surface area is 180 Å². The summed E-state index contributed by atoms with van der Waals surface area (Å²) in [6.45, 7) is 4.22. The van der Waals surface area contributed by atoms with E-state index in [4.69, 9.17) is 4.74 Å². The fourth-order valence-electron chi connectivity index (χ4n) is 4.04. The molecule has 0 fully saturated rings. The van der Waals surface area contributed by atoms with Crippen molar-refractivity contribution in [3.05, 3.63) is 78.8 Å². The molecule has 6 heteroatoms. The summed E-state index contributed by atoms with van der Waals surface area (Å²) in [4.78, 5) is 22.4. The van der Waals surface area contributed by atoms with Gasteiger partial charge in [-0.3, -0.25) is 9.78 Å². The van der Waals surface area contributed by atoms with Gasteiger partial charge < -0.3 is 19.9 Å². The number of ether oxygens (including phenoxy) is 1. The van der Waals surface area contributed by atoms with Crippen LogP contribution in [0.2, 0.25) is 0 Å². The van der Waals surface area contributed by atoms with Crippen molar-refractivity contribution in [1.82, 2.24) is 9.97 Å². The minimum atomic E-state index is -0.928. The van der Waals surface area contributed by atoms with Gasteiger partial charge in [-0.15, -0.1) is 0 Å². The minimum Gasteiger partial charge on any atom is -0.476 e. The molecule has 31 heavy (non-hydrogen) atoms. The van der Waals surface area contributed by atoms with E-state index in [-0.39, 0.29) is 5.91 Å². The lowest BCUT2D eigenvalue weighted by molar-refractivity contribution is -0.132. The molecule has 1 aliphatic rings. The Morgan fingerprint density at radius 1 is 1.06 bits per heavy atom. The molecule has 2 aromatic heterocycles. The van der Waals surface area contributed by atoms with Gasteiger partial charge in [0, 0.05) is 53.5 Å². The number of amides is 1. The summed E-state index contributed by atoms with van der Waals surface area (Å²) in [6, 6.07) is 17.9. The average molecular weight is 412 g/mol. The zero-order valence-electron chi connectivity index (χ0n) is 17.6. The third kappa shape index (κ3) is 3.61. The van der Waals surface area contributed by atoms with Crippen LogP contribution in [0.4, 0.5) is 17.1 Å². The van der Waals surface area contributed by atoms with Crippen molar-refractivity contribution in [2.24, 2.45) is 0 Å². The third-order valence-corrected chi connectivity index (χ3v) is 5.62. The number of pyridine rings is 1. The highest BCUT2D eigenvalue weighted by molar-refractivity contribution is 6.02. The molecule has 0 saturated heterocycles. The normalized spacial score (nSPS) is 14.9. The first-order valence-electron chi connectivity index (χ1n) is 10.4. The van der Waals surface area contributed by atoms with Crippen LogP contribution in [0.25, 0.3) is 10.9 Å². The van der Waals surface area contributed by atoms with Gasteiger partial charge in [0.25, 0.3) is 5.91 Å². The number of H-pyrrole nitrogens is 1. The van der Waals surface area contributed by atoms with Crippen LogP contribution in [-0.2, 0) is 11.2 Å².